The number of nitrogens with two attached hydrogens (primary N) is 1. The molecule has 1 heterocycles. The molecule has 0 saturated carbocycles. The van der Waals surface area contributed by atoms with E-state index in [0.717, 1.165) is 25.9 Å². The van der Waals surface area contributed by atoms with Gasteiger partial charge < -0.3 is 10.6 Å². The molecule has 3 nitrogen and oxygen atoms in total. The number of likely N-dealkylation sites (tertiary alicyclic amines) is 1. The van der Waals surface area contributed by atoms with E-state index in [1.165, 1.54) is 6.42 Å². The third kappa shape index (κ3) is 4.12. The highest BCUT2D eigenvalue weighted by Gasteiger charge is 2.25. The van der Waals surface area contributed by atoms with Crippen molar-refractivity contribution in [1.29, 1.82) is 0 Å². The predicted molar refractivity (Wildman–Crippen MR) is 67.0 cm³/mol. The van der Waals surface area contributed by atoms with Gasteiger partial charge in [0.15, 0.2) is 0 Å². The van der Waals surface area contributed by atoms with E-state index in [0.29, 0.717) is 24.3 Å². The van der Waals surface area contributed by atoms with Gasteiger partial charge in [-0.1, -0.05) is 20.8 Å². The standard InChI is InChI=1S/C13H26N2O/c1-11(10-14)9-12(16)15-7-4-5-13(2,3)6-8-15/h11H,4-10,14H2,1-3H3. The molecule has 1 atom stereocenters. The molecule has 1 saturated heterocycles. The van der Waals surface area contributed by atoms with Crippen LogP contribution < -0.4 is 5.73 Å². The Balaban J connectivity index is 2.45. The summed E-state index contributed by atoms with van der Waals surface area (Å²) in [6.45, 7) is 9.08. The lowest BCUT2D eigenvalue weighted by molar-refractivity contribution is -0.132. The Morgan fingerprint density at radius 3 is 2.69 bits per heavy atom. The Morgan fingerprint density at radius 1 is 1.38 bits per heavy atom. The van der Waals surface area contributed by atoms with E-state index in [4.69, 9.17) is 5.73 Å². The average molecular weight is 226 g/mol. The molecule has 1 unspecified atom stereocenters. The zero-order valence-electron chi connectivity index (χ0n) is 11.0. The first-order valence-corrected chi connectivity index (χ1v) is 6.42. The topological polar surface area (TPSA) is 46.3 Å². The number of hydrogen-bond donors (Lipinski definition) is 1. The molecule has 16 heavy (non-hydrogen) atoms. The summed E-state index contributed by atoms with van der Waals surface area (Å²) >= 11 is 0. The number of rotatable bonds is 3. The molecule has 1 rings (SSSR count). The summed E-state index contributed by atoms with van der Waals surface area (Å²) < 4.78 is 0. The van der Waals surface area contributed by atoms with Gasteiger partial charge in [-0.2, -0.15) is 0 Å². The van der Waals surface area contributed by atoms with E-state index in [9.17, 15) is 4.79 Å². The fraction of sp³-hybridized carbons (Fsp3) is 0.923. The summed E-state index contributed by atoms with van der Waals surface area (Å²) in [5.41, 5.74) is 5.95. The van der Waals surface area contributed by atoms with Crippen LogP contribution in [0.25, 0.3) is 0 Å². The number of carbonyl (C=O) groups is 1. The SMILES string of the molecule is CC(CN)CC(=O)N1CCCC(C)(C)CC1. The molecule has 94 valence electrons. The zero-order chi connectivity index (χ0) is 12.2. The van der Waals surface area contributed by atoms with Crippen molar-refractivity contribution in [3.05, 3.63) is 0 Å². The minimum Gasteiger partial charge on any atom is -0.343 e. The van der Waals surface area contributed by atoms with Crippen molar-refractivity contribution in [3.63, 3.8) is 0 Å². The molecule has 0 aromatic rings. The first-order valence-electron chi connectivity index (χ1n) is 6.42. The maximum absolute atomic E-state index is 12.0. The lowest BCUT2D eigenvalue weighted by atomic mass is 9.85. The fourth-order valence-electron chi connectivity index (χ4n) is 2.18. The predicted octanol–water partition coefficient (Wildman–Crippen LogP) is 2.01. The van der Waals surface area contributed by atoms with Crippen LogP contribution in [0.5, 0.6) is 0 Å². The first-order chi connectivity index (χ1) is 7.44. The van der Waals surface area contributed by atoms with E-state index in [1.807, 2.05) is 11.8 Å². The van der Waals surface area contributed by atoms with Gasteiger partial charge >= 0.3 is 0 Å². The normalized spacial score (nSPS) is 22.6. The smallest absolute Gasteiger partial charge is 0.222 e. The van der Waals surface area contributed by atoms with Crippen molar-refractivity contribution >= 4 is 5.91 Å². The van der Waals surface area contributed by atoms with E-state index in [2.05, 4.69) is 13.8 Å². The van der Waals surface area contributed by atoms with Crippen molar-refractivity contribution in [2.45, 2.75) is 46.5 Å². The van der Waals surface area contributed by atoms with Crippen LogP contribution in [0.2, 0.25) is 0 Å². The quantitative estimate of drug-likeness (QED) is 0.800. The lowest BCUT2D eigenvalue weighted by Gasteiger charge is -2.24. The highest BCUT2D eigenvalue weighted by atomic mass is 16.2. The van der Waals surface area contributed by atoms with Crippen molar-refractivity contribution < 1.29 is 4.79 Å². The second kappa shape index (κ2) is 5.67. The van der Waals surface area contributed by atoms with Gasteiger partial charge in [-0.3, -0.25) is 4.79 Å². The van der Waals surface area contributed by atoms with E-state index < -0.39 is 0 Å². The summed E-state index contributed by atoms with van der Waals surface area (Å²) in [5.74, 6) is 0.597. The van der Waals surface area contributed by atoms with Crippen molar-refractivity contribution in [2.24, 2.45) is 17.1 Å². The van der Waals surface area contributed by atoms with Gasteiger partial charge in [0.25, 0.3) is 0 Å². The molecular weight excluding hydrogens is 200 g/mol. The Kier molecular flexibility index (Phi) is 4.78. The van der Waals surface area contributed by atoms with E-state index in [1.54, 1.807) is 0 Å². The highest BCUT2D eigenvalue weighted by Crippen LogP contribution is 2.30. The summed E-state index contributed by atoms with van der Waals surface area (Å²) in [5, 5.41) is 0. The Hall–Kier alpha value is -0.570. The first kappa shape index (κ1) is 13.5. The molecule has 1 aliphatic heterocycles. The zero-order valence-corrected chi connectivity index (χ0v) is 11.0. The van der Waals surface area contributed by atoms with E-state index in [-0.39, 0.29) is 5.91 Å². The summed E-state index contributed by atoms with van der Waals surface area (Å²) in [7, 11) is 0. The van der Waals surface area contributed by atoms with Gasteiger partial charge in [0.05, 0.1) is 0 Å². The Morgan fingerprint density at radius 2 is 2.06 bits per heavy atom. The molecule has 0 aromatic carbocycles. The largest absolute Gasteiger partial charge is 0.343 e. The molecule has 2 N–H and O–H groups in total. The molecule has 0 bridgehead atoms. The Bertz CT molecular complexity index is 238. The van der Waals surface area contributed by atoms with Crippen molar-refractivity contribution in [3.8, 4) is 0 Å². The lowest BCUT2D eigenvalue weighted by Crippen LogP contribution is -2.34. The van der Waals surface area contributed by atoms with Crippen LogP contribution in [0.15, 0.2) is 0 Å². The van der Waals surface area contributed by atoms with Gasteiger partial charge in [-0.05, 0) is 37.1 Å². The molecule has 3 heteroatoms. The Labute approximate surface area is 99.4 Å². The minimum absolute atomic E-state index is 0.288. The molecule has 0 aliphatic carbocycles. The maximum atomic E-state index is 12.0. The fourth-order valence-corrected chi connectivity index (χ4v) is 2.18. The molecule has 1 amide bonds. The van der Waals surface area contributed by atoms with Gasteiger partial charge in [-0.15, -0.1) is 0 Å². The van der Waals surface area contributed by atoms with Gasteiger partial charge in [0, 0.05) is 19.5 Å². The van der Waals surface area contributed by atoms with Gasteiger partial charge in [0.1, 0.15) is 0 Å². The summed E-state index contributed by atoms with van der Waals surface area (Å²) in [6.07, 6.45) is 4.09. The molecule has 0 radical (unpaired) electrons. The minimum atomic E-state index is 0.288. The van der Waals surface area contributed by atoms with Crippen LogP contribution in [-0.4, -0.2) is 30.4 Å². The van der Waals surface area contributed by atoms with Crippen LogP contribution in [0.4, 0.5) is 0 Å². The number of hydrogen-bond acceptors (Lipinski definition) is 2. The average Bonchev–Trinajstić information content (AvgIpc) is 2.39. The van der Waals surface area contributed by atoms with Gasteiger partial charge in [-0.25, -0.2) is 0 Å². The van der Waals surface area contributed by atoms with E-state index >= 15 is 0 Å². The number of carbonyl (C=O) groups excluding carboxylic acids is 1. The molecule has 1 aliphatic rings. The molecule has 1 fully saturated rings. The van der Waals surface area contributed by atoms with Crippen molar-refractivity contribution in [1.82, 2.24) is 4.90 Å². The summed E-state index contributed by atoms with van der Waals surface area (Å²) in [6, 6.07) is 0. The molecule has 0 spiro atoms. The highest BCUT2D eigenvalue weighted by molar-refractivity contribution is 5.76. The number of amides is 1. The van der Waals surface area contributed by atoms with Crippen LogP contribution in [0.1, 0.15) is 46.5 Å². The molecule has 0 aromatic heterocycles. The maximum Gasteiger partial charge on any atom is 0.222 e. The second-order valence-corrected chi connectivity index (χ2v) is 5.94. The van der Waals surface area contributed by atoms with Crippen LogP contribution in [0, 0.1) is 11.3 Å². The van der Waals surface area contributed by atoms with Crippen LogP contribution in [-0.2, 0) is 4.79 Å². The summed E-state index contributed by atoms with van der Waals surface area (Å²) in [4.78, 5) is 14.0. The van der Waals surface area contributed by atoms with Crippen molar-refractivity contribution in [2.75, 3.05) is 19.6 Å². The monoisotopic (exact) mass is 226 g/mol. The third-order valence-electron chi connectivity index (χ3n) is 3.62. The van der Waals surface area contributed by atoms with Crippen LogP contribution in [0.3, 0.4) is 0 Å². The second-order valence-electron chi connectivity index (χ2n) is 5.94. The van der Waals surface area contributed by atoms with Gasteiger partial charge in [0.2, 0.25) is 5.91 Å². The number of nitrogens with zero attached hydrogens (tertiary/aromatic N) is 1. The third-order valence-corrected chi connectivity index (χ3v) is 3.62. The molecular formula is C13H26N2O. The van der Waals surface area contributed by atoms with Crippen LogP contribution >= 0.6 is 0 Å².